The second-order valence-electron chi connectivity index (χ2n) is 8.70. The molecule has 168 valence electrons. The van der Waals surface area contributed by atoms with Crippen LogP contribution in [-0.2, 0) is 11.3 Å². The van der Waals surface area contributed by atoms with E-state index < -0.39 is 5.60 Å². The monoisotopic (exact) mass is 454 g/mol. The number of nitrogens with zero attached hydrogens (tertiary/aromatic N) is 5. The van der Waals surface area contributed by atoms with Crippen molar-refractivity contribution in [2.24, 2.45) is 0 Å². The van der Waals surface area contributed by atoms with Crippen LogP contribution in [-0.4, -0.2) is 57.7 Å². The number of halogens is 1. The highest BCUT2D eigenvalue weighted by atomic mass is 35.5. The molecule has 1 aliphatic rings. The molecule has 8 nitrogen and oxygen atoms in total. The van der Waals surface area contributed by atoms with Crippen molar-refractivity contribution in [2.45, 2.75) is 32.9 Å². The Balaban J connectivity index is 1.44. The molecule has 1 aromatic carbocycles. The Morgan fingerprint density at radius 1 is 1.09 bits per heavy atom. The number of pyridine rings is 1. The van der Waals surface area contributed by atoms with E-state index in [0.29, 0.717) is 37.7 Å². The molecule has 1 amide bonds. The summed E-state index contributed by atoms with van der Waals surface area (Å²) in [6.45, 7) is 8.66. The Kier molecular flexibility index (Phi) is 6.32. The first kappa shape index (κ1) is 22.1. The van der Waals surface area contributed by atoms with Crippen molar-refractivity contribution in [1.29, 1.82) is 0 Å². The molecule has 32 heavy (non-hydrogen) atoms. The Labute approximate surface area is 192 Å². The van der Waals surface area contributed by atoms with Gasteiger partial charge in [-0.05, 0) is 38.5 Å². The zero-order chi connectivity index (χ0) is 22.7. The van der Waals surface area contributed by atoms with Crippen LogP contribution in [0.15, 0.2) is 43.0 Å². The molecule has 4 rings (SSSR count). The molecule has 1 saturated heterocycles. The van der Waals surface area contributed by atoms with Gasteiger partial charge in [-0.15, -0.1) is 0 Å². The molecule has 0 atom stereocenters. The van der Waals surface area contributed by atoms with Gasteiger partial charge < -0.3 is 19.9 Å². The molecule has 2 aromatic heterocycles. The number of carbonyl (C=O) groups is 1. The molecule has 0 bridgehead atoms. The molecule has 3 heterocycles. The Hall–Kier alpha value is -3.13. The third-order valence-electron chi connectivity index (χ3n) is 5.14. The van der Waals surface area contributed by atoms with Gasteiger partial charge in [0.05, 0.1) is 33.6 Å². The number of rotatable bonds is 4. The fourth-order valence-electron chi connectivity index (χ4n) is 3.63. The van der Waals surface area contributed by atoms with Gasteiger partial charge in [0.2, 0.25) is 0 Å². The number of carbonyl (C=O) groups excluding carboxylic acids is 1. The lowest BCUT2D eigenvalue weighted by Crippen LogP contribution is -2.50. The number of amides is 1. The second-order valence-corrected chi connectivity index (χ2v) is 9.11. The van der Waals surface area contributed by atoms with Crippen molar-refractivity contribution in [3.05, 3.63) is 53.6 Å². The molecule has 0 spiro atoms. The van der Waals surface area contributed by atoms with Crippen LogP contribution in [0, 0.1) is 0 Å². The predicted octanol–water partition coefficient (Wildman–Crippen LogP) is 4.35. The average molecular weight is 455 g/mol. The molecule has 3 aromatic rings. The first-order chi connectivity index (χ1) is 15.3. The molecule has 0 saturated carbocycles. The summed E-state index contributed by atoms with van der Waals surface area (Å²) in [6.07, 6.45) is 6.52. The third-order valence-corrected chi connectivity index (χ3v) is 5.41. The predicted molar refractivity (Wildman–Crippen MR) is 126 cm³/mol. The van der Waals surface area contributed by atoms with E-state index >= 15 is 0 Å². The average Bonchev–Trinajstić information content (AvgIpc) is 2.76. The molecule has 1 aliphatic heterocycles. The fourth-order valence-corrected chi connectivity index (χ4v) is 3.91. The van der Waals surface area contributed by atoms with Crippen LogP contribution in [0.2, 0.25) is 5.02 Å². The van der Waals surface area contributed by atoms with Crippen LogP contribution in [0.4, 0.5) is 16.2 Å². The highest BCUT2D eigenvalue weighted by Gasteiger charge is 2.27. The maximum atomic E-state index is 12.4. The van der Waals surface area contributed by atoms with Crippen molar-refractivity contribution >= 4 is 40.1 Å². The molecule has 0 unspecified atom stereocenters. The van der Waals surface area contributed by atoms with E-state index in [-0.39, 0.29) is 6.09 Å². The number of nitrogens with one attached hydrogen (secondary N) is 1. The largest absolute Gasteiger partial charge is 0.444 e. The van der Waals surface area contributed by atoms with Gasteiger partial charge in [0, 0.05) is 51.3 Å². The molecule has 1 fully saturated rings. The minimum absolute atomic E-state index is 0.282. The van der Waals surface area contributed by atoms with E-state index in [1.165, 1.54) is 0 Å². The smallest absolute Gasteiger partial charge is 0.410 e. The lowest BCUT2D eigenvalue weighted by atomic mass is 10.2. The Bertz CT molecular complexity index is 1110. The molecular weight excluding hydrogens is 428 g/mol. The summed E-state index contributed by atoms with van der Waals surface area (Å²) < 4.78 is 5.49. The minimum Gasteiger partial charge on any atom is -0.444 e. The summed E-state index contributed by atoms with van der Waals surface area (Å²) in [5.74, 6) is 0. The van der Waals surface area contributed by atoms with Crippen molar-refractivity contribution in [1.82, 2.24) is 19.9 Å². The fraction of sp³-hybridized carbons (Fsp3) is 0.391. The summed E-state index contributed by atoms with van der Waals surface area (Å²) >= 11 is 6.54. The topological polar surface area (TPSA) is 83.5 Å². The van der Waals surface area contributed by atoms with Crippen LogP contribution in [0.5, 0.6) is 0 Å². The number of fused-ring (bicyclic) bond motifs is 1. The molecular formula is C23H27ClN6O2. The van der Waals surface area contributed by atoms with Crippen molar-refractivity contribution in [3.8, 4) is 0 Å². The van der Waals surface area contributed by atoms with Crippen molar-refractivity contribution in [2.75, 3.05) is 36.4 Å². The van der Waals surface area contributed by atoms with E-state index in [1.54, 1.807) is 29.7 Å². The Morgan fingerprint density at radius 2 is 1.81 bits per heavy atom. The SMILES string of the molecule is CC(C)(C)OC(=O)N1CCN(c2c(Cl)cncc2NCc2ccc3nccnc3c2)CC1. The lowest BCUT2D eigenvalue weighted by Gasteiger charge is -2.37. The number of hydrogen-bond donors (Lipinski definition) is 1. The summed E-state index contributed by atoms with van der Waals surface area (Å²) in [4.78, 5) is 29.2. The number of ether oxygens (including phenoxy) is 1. The number of hydrogen-bond acceptors (Lipinski definition) is 7. The zero-order valence-corrected chi connectivity index (χ0v) is 19.3. The lowest BCUT2D eigenvalue weighted by molar-refractivity contribution is 0.0240. The van der Waals surface area contributed by atoms with Gasteiger partial charge in [-0.3, -0.25) is 15.0 Å². The zero-order valence-electron chi connectivity index (χ0n) is 18.5. The van der Waals surface area contributed by atoms with Gasteiger partial charge in [0.25, 0.3) is 0 Å². The van der Waals surface area contributed by atoms with Crippen LogP contribution < -0.4 is 10.2 Å². The van der Waals surface area contributed by atoms with Gasteiger partial charge in [0.15, 0.2) is 0 Å². The summed E-state index contributed by atoms with van der Waals surface area (Å²) in [6, 6.07) is 6.01. The van der Waals surface area contributed by atoms with Crippen LogP contribution >= 0.6 is 11.6 Å². The van der Waals surface area contributed by atoms with Gasteiger partial charge in [-0.25, -0.2) is 4.79 Å². The van der Waals surface area contributed by atoms with Crippen LogP contribution in [0.1, 0.15) is 26.3 Å². The number of aromatic nitrogens is 3. The number of piperazine rings is 1. The van der Waals surface area contributed by atoms with E-state index in [9.17, 15) is 4.79 Å². The third kappa shape index (κ3) is 5.19. The summed E-state index contributed by atoms with van der Waals surface area (Å²) in [5.41, 5.74) is 4.04. The minimum atomic E-state index is -0.506. The maximum absolute atomic E-state index is 12.4. The first-order valence-corrected chi connectivity index (χ1v) is 11.0. The van der Waals surface area contributed by atoms with Crippen LogP contribution in [0.25, 0.3) is 11.0 Å². The number of anilines is 2. The highest BCUT2D eigenvalue weighted by Crippen LogP contribution is 2.34. The first-order valence-electron chi connectivity index (χ1n) is 10.6. The Morgan fingerprint density at radius 3 is 2.53 bits per heavy atom. The quantitative estimate of drug-likeness (QED) is 0.627. The second kappa shape index (κ2) is 9.16. The van der Waals surface area contributed by atoms with Crippen LogP contribution in [0.3, 0.4) is 0 Å². The van der Waals surface area contributed by atoms with E-state index in [4.69, 9.17) is 16.3 Å². The van der Waals surface area contributed by atoms with E-state index in [2.05, 4.69) is 25.2 Å². The number of benzene rings is 1. The molecule has 0 radical (unpaired) electrons. The van der Waals surface area contributed by atoms with Gasteiger partial charge in [0.1, 0.15) is 5.60 Å². The summed E-state index contributed by atoms with van der Waals surface area (Å²) in [5, 5.41) is 4.03. The highest BCUT2D eigenvalue weighted by molar-refractivity contribution is 6.33. The standard InChI is InChI=1S/C23H27ClN6O2/c1-23(2,3)32-22(31)30-10-8-29(9-11-30)21-17(24)14-25-15-20(21)28-13-16-4-5-18-19(12-16)27-7-6-26-18/h4-7,12,14-15,28H,8-11,13H2,1-3H3. The van der Waals surface area contributed by atoms with Gasteiger partial charge in [-0.1, -0.05) is 17.7 Å². The van der Waals surface area contributed by atoms with Gasteiger partial charge >= 0.3 is 6.09 Å². The van der Waals surface area contributed by atoms with E-state index in [0.717, 1.165) is 28.0 Å². The molecule has 0 aliphatic carbocycles. The van der Waals surface area contributed by atoms with Crippen molar-refractivity contribution < 1.29 is 9.53 Å². The molecule has 1 N–H and O–H groups in total. The van der Waals surface area contributed by atoms with E-state index in [1.807, 2.05) is 39.0 Å². The molecule has 9 heteroatoms. The summed E-state index contributed by atoms with van der Waals surface area (Å²) in [7, 11) is 0. The van der Waals surface area contributed by atoms with Gasteiger partial charge in [-0.2, -0.15) is 0 Å². The maximum Gasteiger partial charge on any atom is 0.410 e. The van der Waals surface area contributed by atoms with Crippen molar-refractivity contribution in [3.63, 3.8) is 0 Å². The normalized spacial score (nSPS) is 14.5.